The Morgan fingerprint density at radius 3 is 2.18 bits per heavy atom. The average Bonchev–Trinajstić information content (AvgIpc) is 3.75. The number of benzene rings is 3. The smallest absolute Gasteiger partial charge is 0.123 e. The number of aromatic amines is 2. The topological polar surface area (TPSA) is 72.6 Å². The summed E-state index contributed by atoms with van der Waals surface area (Å²) in [6, 6.07) is 22.8. The Balaban J connectivity index is 1.21. The first-order valence-electron chi connectivity index (χ1n) is 13.8. The summed E-state index contributed by atoms with van der Waals surface area (Å²) in [5.41, 5.74) is 6.88. The molecule has 1 aliphatic heterocycles. The third-order valence-corrected chi connectivity index (χ3v) is 8.00. The zero-order chi connectivity index (χ0) is 26.1. The fraction of sp³-hybridized carbons (Fsp3) is 0.312. The van der Waals surface area contributed by atoms with Crippen LogP contribution in [0.5, 0.6) is 0 Å². The second-order valence-electron chi connectivity index (χ2n) is 10.4. The number of hydrogen-bond acceptors (Lipinski definition) is 4. The van der Waals surface area contributed by atoms with E-state index in [-0.39, 0.29) is 0 Å². The third kappa shape index (κ3) is 4.77. The van der Waals surface area contributed by atoms with Crippen LogP contribution < -0.4 is 5.32 Å². The van der Waals surface area contributed by atoms with E-state index in [1.807, 2.05) is 12.4 Å². The van der Waals surface area contributed by atoms with Gasteiger partial charge in [0.05, 0.1) is 35.9 Å². The van der Waals surface area contributed by atoms with Crippen LogP contribution in [-0.4, -0.2) is 45.0 Å². The molecule has 0 radical (unpaired) electrons. The van der Waals surface area contributed by atoms with Gasteiger partial charge in [-0.1, -0.05) is 62.4 Å². The average molecular weight is 505 g/mol. The van der Waals surface area contributed by atoms with Gasteiger partial charge in [-0.2, -0.15) is 0 Å². The number of nitrogens with one attached hydrogen (secondary N) is 3. The van der Waals surface area contributed by atoms with Gasteiger partial charge < -0.3 is 15.3 Å². The first-order valence-corrected chi connectivity index (χ1v) is 13.8. The normalized spacial score (nSPS) is 16.5. The van der Waals surface area contributed by atoms with Crippen molar-refractivity contribution in [3.8, 4) is 33.6 Å². The monoisotopic (exact) mass is 504 g/mol. The van der Waals surface area contributed by atoms with Gasteiger partial charge in [-0.3, -0.25) is 4.90 Å². The standard InChI is InChI=1S/C32H36N6/c1-4-30(38(3)5-2)32-35-20-29(37-32)26-15-14-24-17-23(12-13-25(24)18-26)21-8-10-22(11-9-21)28-19-34-31(36-28)27-7-6-16-33-27/h8-15,17-20,27,30,33H,4-7,16H2,1-3H3,(H,34,36)(H,35,37). The molecule has 0 aliphatic carbocycles. The molecule has 1 fully saturated rings. The summed E-state index contributed by atoms with van der Waals surface area (Å²) in [6.45, 7) is 6.46. The van der Waals surface area contributed by atoms with E-state index in [1.54, 1.807) is 0 Å². The van der Waals surface area contributed by atoms with Crippen molar-refractivity contribution in [1.82, 2.24) is 30.2 Å². The summed E-state index contributed by atoms with van der Waals surface area (Å²) in [6.07, 6.45) is 7.30. The predicted molar refractivity (Wildman–Crippen MR) is 156 cm³/mol. The van der Waals surface area contributed by atoms with Gasteiger partial charge >= 0.3 is 0 Å². The summed E-state index contributed by atoms with van der Waals surface area (Å²) < 4.78 is 0. The van der Waals surface area contributed by atoms with Crippen molar-refractivity contribution in [2.24, 2.45) is 0 Å². The largest absolute Gasteiger partial charge is 0.341 e. The van der Waals surface area contributed by atoms with Crippen LogP contribution >= 0.6 is 0 Å². The van der Waals surface area contributed by atoms with Gasteiger partial charge in [0.2, 0.25) is 0 Å². The number of rotatable bonds is 8. The molecule has 1 aliphatic rings. The Kier molecular flexibility index (Phi) is 6.83. The number of aromatic nitrogens is 4. The van der Waals surface area contributed by atoms with Crippen molar-refractivity contribution in [2.45, 2.75) is 45.2 Å². The Labute approximate surface area is 224 Å². The van der Waals surface area contributed by atoms with Gasteiger partial charge in [0, 0.05) is 5.56 Å². The fourth-order valence-electron chi connectivity index (χ4n) is 5.60. The van der Waals surface area contributed by atoms with Crippen LogP contribution in [-0.2, 0) is 0 Å². The Hall–Kier alpha value is -3.74. The molecule has 3 heterocycles. The molecule has 2 unspecified atom stereocenters. The minimum absolute atomic E-state index is 0.308. The van der Waals surface area contributed by atoms with E-state index in [0.717, 1.165) is 60.1 Å². The summed E-state index contributed by atoms with van der Waals surface area (Å²) in [5.74, 6) is 2.08. The van der Waals surface area contributed by atoms with Crippen molar-refractivity contribution in [2.75, 3.05) is 20.1 Å². The number of imidazole rings is 2. The fourth-order valence-corrected chi connectivity index (χ4v) is 5.60. The lowest BCUT2D eigenvalue weighted by Crippen LogP contribution is -2.24. The van der Waals surface area contributed by atoms with Crippen molar-refractivity contribution < 1.29 is 0 Å². The number of hydrogen-bond donors (Lipinski definition) is 3. The minimum Gasteiger partial charge on any atom is -0.341 e. The van der Waals surface area contributed by atoms with Gasteiger partial charge in [-0.15, -0.1) is 0 Å². The number of fused-ring (bicyclic) bond motifs is 1. The van der Waals surface area contributed by atoms with Crippen LogP contribution in [0.3, 0.4) is 0 Å². The molecule has 6 heteroatoms. The van der Waals surface area contributed by atoms with Crippen LogP contribution in [0.25, 0.3) is 44.4 Å². The Bertz CT molecular complexity index is 1520. The minimum atomic E-state index is 0.308. The van der Waals surface area contributed by atoms with E-state index in [9.17, 15) is 0 Å². The molecular weight excluding hydrogens is 468 g/mol. The van der Waals surface area contributed by atoms with Crippen LogP contribution in [0.4, 0.5) is 0 Å². The molecule has 2 aromatic heterocycles. The van der Waals surface area contributed by atoms with E-state index in [1.165, 1.54) is 28.3 Å². The van der Waals surface area contributed by atoms with Gasteiger partial charge in [-0.05, 0) is 79.0 Å². The molecule has 38 heavy (non-hydrogen) atoms. The molecule has 2 atom stereocenters. The quantitative estimate of drug-likeness (QED) is 0.210. The second kappa shape index (κ2) is 10.6. The molecule has 0 spiro atoms. The second-order valence-corrected chi connectivity index (χ2v) is 10.4. The van der Waals surface area contributed by atoms with Gasteiger partial charge in [0.15, 0.2) is 0 Å². The highest BCUT2D eigenvalue weighted by Crippen LogP contribution is 2.31. The van der Waals surface area contributed by atoms with Crippen molar-refractivity contribution in [1.29, 1.82) is 0 Å². The van der Waals surface area contributed by atoms with Crippen LogP contribution in [0.2, 0.25) is 0 Å². The van der Waals surface area contributed by atoms with Gasteiger partial charge in [0.25, 0.3) is 0 Å². The molecule has 3 N–H and O–H groups in total. The molecule has 6 nitrogen and oxygen atoms in total. The molecule has 0 saturated carbocycles. The lowest BCUT2D eigenvalue weighted by Gasteiger charge is -2.23. The van der Waals surface area contributed by atoms with Crippen LogP contribution in [0.15, 0.2) is 73.1 Å². The first-order chi connectivity index (χ1) is 18.6. The van der Waals surface area contributed by atoms with E-state index in [0.29, 0.717) is 12.1 Å². The van der Waals surface area contributed by atoms with Crippen molar-refractivity contribution >= 4 is 10.8 Å². The SMILES string of the molecule is CCC(c1ncc(-c2ccc3cc(-c4ccc(-c5cnc(C6CCCN6)[nH]5)cc4)ccc3c2)[nH]1)N(C)CC. The maximum Gasteiger partial charge on any atom is 0.123 e. The van der Waals surface area contributed by atoms with E-state index in [4.69, 9.17) is 4.98 Å². The lowest BCUT2D eigenvalue weighted by molar-refractivity contribution is 0.242. The zero-order valence-electron chi connectivity index (χ0n) is 22.5. The van der Waals surface area contributed by atoms with Crippen molar-refractivity contribution in [3.63, 3.8) is 0 Å². The molecule has 194 valence electrons. The van der Waals surface area contributed by atoms with Gasteiger partial charge in [-0.25, -0.2) is 9.97 Å². The molecule has 0 amide bonds. The third-order valence-electron chi connectivity index (χ3n) is 8.00. The van der Waals surface area contributed by atoms with E-state index >= 15 is 0 Å². The lowest BCUT2D eigenvalue weighted by atomic mass is 9.98. The molecule has 5 aromatic rings. The highest BCUT2D eigenvalue weighted by atomic mass is 15.2. The Morgan fingerprint density at radius 2 is 1.47 bits per heavy atom. The van der Waals surface area contributed by atoms with E-state index < -0.39 is 0 Å². The van der Waals surface area contributed by atoms with Crippen LogP contribution in [0, 0.1) is 0 Å². The predicted octanol–water partition coefficient (Wildman–Crippen LogP) is 7.11. The summed E-state index contributed by atoms with van der Waals surface area (Å²) in [4.78, 5) is 18.7. The summed E-state index contributed by atoms with van der Waals surface area (Å²) in [5, 5.41) is 5.96. The highest BCUT2D eigenvalue weighted by molar-refractivity contribution is 5.90. The van der Waals surface area contributed by atoms with Gasteiger partial charge in [0.1, 0.15) is 11.6 Å². The first kappa shape index (κ1) is 24.6. The van der Waals surface area contributed by atoms with Crippen molar-refractivity contribution in [3.05, 3.63) is 84.7 Å². The maximum atomic E-state index is 4.71. The molecule has 3 aromatic carbocycles. The summed E-state index contributed by atoms with van der Waals surface area (Å²) >= 11 is 0. The number of H-pyrrole nitrogens is 2. The zero-order valence-corrected chi connectivity index (χ0v) is 22.5. The highest BCUT2D eigenvalue weighted by Gasteiger charge is 2.19. The van der Waals surface area contributed by atoms with Crippen LogP contribution in [0.1, 0.15) is 56.8 Å². The molecule has 6 rings (SSSR count). The summed E-state index contributed by atoms with van der Waals surface area (Å²) in [7, 11) is 2.15. The molecule has 1 saturated heterocycles. The number of nitrogens with zero attached hydrogens (tertiary/aromatic N) is 3. The Morgan fingerprint density at radius 1 is 0.816 bits per heavy atom. The van der Waals surface area contributed by atoms with E-state index in [2.05, 4.69) is 107 Å². The molecule has 0 bridgehead atoms. The molecular formula is C32H36N6. The maximum absolute atomic E-state index is 4.71.